The van der Waals surface area contributed by atoms with Crippen molar-refractivity contribution in [2.45, 2.75) is 20.0 Å². The molecule has 1 unspecified atom stereocenters. The summed E-state index contributed by atoms with van der Waals surface area (Å²) in [6.45, 7) is 3.87. The Morgan fingerprint density at radius 3 is 2.47 bits per heavy atom. The molecule has 1 aromatic carbocycles. The zero-order chi connectivity index (χ0) is 12.4. The molecule has 2 nitrogen and oxygen atoms in total. The number of hydrogen-bond donors (Lipinski definition) is 1. The second kappa shape index (κ2) is 4.86. The normalized spacial score (nSPS) is 12.5. The second-order valence-electron chi connectivity index (χ2n) is 4.20. The molecule has 0 bridgehead atoms. The van der Waals surface area contributed by atoms with E-state index in [0.717, 1.165) is 22.4 Å². The first kappa shape index (κ1) is 12.1. The van der Waals surface area contributed by atoms with Gasteiger partial charge < -0.3 is 5.11 Å². The van der Waals surface area contributed by atoms with Crippen molar-refractivity contribution in [3.63, 3.8) is 0 Å². The maximum atomic E-state index is 10.2. The lowest BCUT2D eigenvalue weighted by molar-refractivity contribution is 0.220. The molecule has 1 aromatic heterocycles. The Morgan fingerprint density at radius 1 is 1.12 bits per heavy atom. The molecule has 0 aliphatic heterocycles. The highest BCUT2D eigenvalue weighted by Crippen LogP contribution is 2.25. The number of aryl methyl sites for hydroxylation is 2. The monoisotopic (exact) mass is 247 g/mol. The second-order valence-corrected chi connectivity index (χ2v) is 4.63. The summed E-state index contributed by atoms with van der Waals surface area (Å²) in [7, 11) is 0. The number of pyridine rings is 1. The summed E-state index contributed by atoms with van der Waals surface area (Å²) in [6, 6.07) is 9.33. The number of aliphatic hydroxyl groups is 1. The van der Waals surface area contributed by atoms with Gasteiger partial charge in [-0.05, 0) is 43.2 Å². The van der Waals surface area contributed by atoms with Gasteiger partial charge in [0.2, 0.25) is 0 Å². The summed E-state index contributed by atoms with van der Waals surface area (Å²) in [5.74, 6) is 0. The highest BCUT2D eigenvalue weighted by molar-refractivity contribution is 6.30. The first-order valence-corrected chi connectivity index (χ1v) is 5.82. The average molecular weight is 248 g/mol. The Balaban J connectivity index is 2.36. The molecule has 17 heavy (non-hydrogen) atoms. The number of halogens is 1. The van der Waals surface area contributed by atoms with Crippen molar-refractivity contribution in [1.82, 2.24) is 4.98 Å². The summed E-state index contributed by atoms with van der Waals surface area (Å²) in [4.78, 5) is 4.18. The molecule has 88 valence electrons. The van der Waals surface area contributed by atoms with Gasteiger partial charge in [-0.3, -0.25) is 4.98 Å². The quantitative estimate of drug-likeness (QED) is 0.882. The lowest BCUT2D eigenvalue weighted by atomic mass is 10.0. The lowest BCUT2D eigenvalue weighted by Crippen LogP contribution is -2.01. The third kappa shape index (κ3) is 2.84. The summed E-state index contributed by atoms with van der Waals surface area (Å²) in [6.07, 6.45) is 1.01. The fourth-order valence-electron chi connectivity index (χ4n) is 1.76. The first-order valence-electron chi connectivity index (χ1n) is 5.44. The summed E-state index contributed by atoms with van der Waals surface area (Å²) in [5.41, 5.74) is 3.53. The molecule has 1 atom stereocenters. The highest BCUT2D eigenvalue weighted by Gasteiger charge is 2.11. The van der Waals surface area contributed by atoms with Gasteiger partial charge in [0, 0.05) is 22.5 Å². The van der Waals surface area contributed by atoms with Gasteiger partial charge in [0.05, 0.1) is 0 Å². The van der Waals surface area contributed by atoms with E-state index in [1.54, 1.807) is 12.3 Å². The number of rotatable bonds is 2. The van der Waals surface area contributed by atoms with Gasteiger partial charge in [-0.2, -0.15) is 0 Å². The van der Waals surface area contributed by atoms with Gasteiger partial charge in [-0.25, -0.2) is 0 Å². The lowest BCUT2D eigenvalue weighted by Gasteiger charge is -2.12. The van der Waals surface area contributed by atoms with E-state index in [9.17, 15) is 5.11 Å². The Hall–Kier alpha value is -1.38. The summed E-state index contributed by atoms with van der Waals surface area (Å²) >= 11 is 5.98. The predicted octanol–water partition coefficient (Wildman–Crippen LogP) is 3.43. The molecule has 2 rings (SSSR count). The number of hydrogen-bond acceptors (Lipinski definition) is 2. The molecule has 0 aliphatic rings. The van der Waals surface area contributed by atoms with Crippen LogP contribution in [0.2, 0.25) is 5.02 Å². The molecule has 1 N–H and O–H groups in total. The van der Waals surface area contributed by atoms with Gasteiger partial charge in [0.1, 0.15) is 6.10 Å². The van der Waals surface area contributed by atoms with Crippen molar-refractivity contribution < 1.29 is 5.11 Å². The minimum absolute atomic E-state index is 0.638. The molecular formula is C14H14ClNO. The molecule has 0 amide bonds. The highest BCUT2D eigenvalue weighted by atomic mass is 35.5. The molecular weight excluding hydrogens is 234 g/mol. The van der Waals surface area contributed by atoms with E-state index in [1.165, 1.54) is 0 Å². The molecule has 1 heterocycles. The fourth-order valence-corrected chi connectivity index (χ4v) is 2.05. The van der Waals surface area contributed by atoms with Gasteiger partial charge in [-0.15, -0.1) is 0 Å². The van der Waals surface area contributed by atoms with E-state index in [2.05, 4.69) is 4.98 Å². The molecule has 0 saturated carbocycles. The summed E-state index contributed by atoms with van der Waals surface area (Å²) in [5, 5.41) is 10.9. The van der Waals surface area contributed by atoms with Crippen LogP contribution < -0.4 is 0 Å². The zero-order valence-electron chi connectivity index (χ0n) is 9.81. The topological polar surface area (TPSA) is 33.1 Å². The molecule has 3 heteroatoms. The number of aliphatic hydroxyl groups excluding tert-OH is 1. The van der Waals surface area contributed by atoms with Crippen LogP contribution >= 0.6 is 11.6 Å². The SMILES string of the molecule is Cc1cc(Cl)cc(C(O)c2ccc(C)nc2)c1. The van der Waals surface area contributed by atoms with Gasteiger partial charge in [0.15, 0.2) is 0 Å². The van der Waals surface area contributed by atoms with Crippen LogP contribution in [0.4, 0.5) is 0 Å². The van der Waals surface area contributed by atoms with E-state index in [0.29, 0.717) is 5.02 Å². The van der Waals surface area contributed by atoms with Crippen LogP contribution in [0.5, 0.6) is 0 Å². The van der Waals surface area contributed by atoms with Crippen LogP contribution in [0.25, 0.3) is 0 Å². The van der Waals surface area contributed by atoms with Gasteiger partial charge in [0.25, 0.3) is 0 Å². The Labute approximate surface area is 106 Å². The smallest absolute Gasteiger partial charge is 0.106 e. The maximum Gasteiger partial charge on any atom is 0.106 e. The average Bonchev–Trinajstić information content (AvgIpc) is 2.28. The van der Waals surface area contributed by atoms with Crippen molar-refractivity contribution in [2.24, 2.45) is 0 Å². The Bertz CT molecular complexity index is 502. The number of aromatic nitrogens is 1. The van der Waals surface area contributed by atoms with Crippen molar-refractivity contribution in [3.05, 3.63) is 63.9 Å². The third-order valence-corrected chi connectivity index (χ3v) is 2.85. The van der Waals surface area contributed by atoms with E-state index < -0.39 is 6.10 Å². The largest absolute Gasteiger partial charge is 0.384 e. The van der Waals surface area contributed by atoms with Crippen molar-refractivity contribution in [1.29, 1.82) is 0 Å². The fraction of sp³-hybridized carbons (Fsp3) is 0.214. The van der Waals surface area contributed by atoms with E-state index in [1.807, 2.05) is 38.1 Å². The molecule has 0 aliphatic carbocycles. The molecule has 0 radical (unpaired) electrons. The van der Waals surface area contributed by atoms with Crippen LogP contribution in [0.15, 0.2) is 36.5 Å². The minimum atomic E-state index is -0.680. The third-order valence-electron chi connectivity index (χ3n) is 2.63. The molecule has 0 fully saturated rings. The minimum Gasteiger partial charge on any atom is -0.384 e. The Kier molecular flexibility index (Phi) is 3.46. The predicted molar refractivity (Wildman–Crippen MR) is 69.2 cm³/mol. The van der Waals surface area contributed by atoms with Crippen LogP contribution in [0.1, 0.15) is 28.5 Å². The van der Waals surface area contributed by atoms with Crippen molar-refractivity contribution in [2.75, 3.05) is 0 Å². The van der Waals surface area contributed by atoms with Crippen LogP contribution in [-0.2, 0) is 0 Å². The van der Waals surface area contributed by atoms with E-state index in [-0.39, 0.29) is 0 Å². The molecule has 2 aromatic rings. The van der Waals surface area contributed by atoms with Crippen molar-refractivity contribution >= 4 is 11.6 Å². The zero-order valence-corrected chi connectivity index (χ0v) is 10.6. The number of benzene rings is 1. The maximum absolute atomic E-state index is 10.2. The molecule has 0 spiro atoms. The van der Waals surface area contributed by atoms with E-state index in [4.69, 9.17) is 11.6 Å². The first-order chi connectivity index (χ1) is 8.06. The van der Waals surface area contributed by atoms with Crippen LogP contribution in [0, 0.1) is 13.8 Å². The Morgan fingerprint density at radius 2 is 1.88 bits per heavy atom. The number of nitrogens with zero attached hydrogens (tertiary/aromatic N) is 1. The van der Waals surface area contributed by atoms with Crippen LogP contribution in [0.3, 0.4) is 0 Å². The van der Waals surface area contributed by atoms with Crippen LogP contribution in [-0.4, -0.2) is 10.1 Å². The van der Waals surface area contributed by atoms with Crippen molar-refractivity contribution in [3.8, 4) is 0 Å². The van der Waals surface area contributed by atoms with E-state index >= 15 is 0 Å². The summed E-state index contributed by atoms with van der Waals surface area (Å²) < 4.78 is 0. The molecule has 0 saturated heterocycles. The van der Waals surface area contributed by atoms with Gasteiger partial charge >= 0.3 is 0 Å². The van der Waals surface area contributed by atoms with Gasteiger partial charge in [-0.1, -0.05) is 23.7 Å². The standard InChI is InChI=1S/C14H14ClNO/c1-9-5-12(7-13(15)6-9)14(17)11-4-3-10(2)16-8-11/h3-8,14,17H,1-2H3.